The molecule has 2 aromatic carbocycles. The van der Waals surface area contributed by atoms with Crippen molar-refractivity contribution in [3.63, 3.8) is 0 Å². The minimum atomic E-state index is -0.156. The number of hydrogen-bond donors (Lipinski definition) is 1. The molecule has 0 saturated heterocycles. The normalized spacial score (nSPS) is 11.0. The van der Waals surface area contributed by atoms with Crippen molar-refractivity contribution in [3.05, 3.63) is 68.7 Å². The van der Waals surface area contributed by atoms with Crippen LogP contribution in [0.5, 0.6) is 0 Å². The van der Waals surface area contributed by atoms with E-state index >= 15 is 0 Å². The molecular weight excluding hydrogens is 374 g/mol. The Labute approximate surface area is 150 Å². The van der Waals surface area contributed by atoms with E-state index in [1.54, 1.807) is 12.2 Å². The van der Waals surface area contributed by atoms with Gasteiger partial charge >= 0.3 is 0 Å². The summed E-state index contributed by atoms with van der Waals surface area (Å²) in [5.74, 6) is -0.156. The van der Waals surface area contributed by atoms with Crippen LogP contribution in [0.1, 0.15) is 30.5 Å². The first kappa shape index (κ1) is 17.8. The number of hydrogen-bond acceptors (Lipinski definition) is 1. The molecule has 2 nitrogen and oxygen atoms in total. The monoisotopic (exact) mass is 391 g/mol. The minimum absolute atomic E-state index is 0.156. The molecule has 0 atom stereocenters. The van der Waals surface area contributed by atoms with Gasteiger partial charge in [0.15, 0.2) is 0 Å². The number of nitrogens with one attached hydrogen (secondary N) is 1. The number of benzene rings is 2. The molecule has 23 heavy (non-hydrogen) atoms. The van der Waals surface area contributed by atoms with Crippen molar-refractivity contribution >= 4 is 45.2 Å². The van der Waals surface area contributed by atoms with E-state index in [0.717, 1.165) is 39.7 Å². The quantitative estimate of drug-likeness (QED) is 0.633. The molecule has 0 aliphatic rings. The number of rotatable bonds is 5. The van der Waals surface area contributed by atoms with Crippen LogP contribution in [0, 0.1) is 0 Å². The molecule has 4 heteroatoms. The lowest BCUT2D eigenvalue weighted by Gasteiger charge is -2.15. The van der Waals surface area contributed by atoms with Crippen molar-refractivity contribution in [1.29, 1.82) is 0 Å². The highest BCUT2D eigenvalue weighted by molar-refractivity contribution is 9.10. The van der Waals surface area contributed by atoms with Gasteiger partial charge in [-0.3, -0.25) is 4.79 Å². The van der Waals surface area contributed by atoms with E-state index in [0.29, 0.717) is 5.02 Å². The van der Waals surface area contributed by atoms with Crippen molar-refractivity contribution in [2.24, 2.45) is 0 Å². The lowest BCUT2D eigenvalue weighted by molar-refractivity contribution is -0.111. The highest BCUT2D eigenvalue weighted by Gasteiger charge is 2.11. The van der Waals surface area contributed by atoms with E-state index in [9.17, 15) is 4.79 Å². The van der Waals surface area contributed by atoms with E-state index in [1.165, 1.54) is 0 Å². The SMILES string of the molecule is CCc1ccc(Cl)c(CC)c1NC(=O)/C=C/c1cccc(Br)c1. The van der Waals surface area contributed by atoms with E-state index < -0.39 is 0 Å². The topological polar surface area (TPSA) is 29.1 Å². The Morgan fingerprint density at radius 2 is 2.00 bits per heavy atom. The summed E-state index contributed by atoms with van der Waals surface area (Å²) in [6.45, 7) is 4.10. The third-order valence-corrected chi connectivity index (χ3v) is 4.45. The smallest absolute Gasteiger partial charge is 0.248 e. The van der Waals surface area contributed by atoms with Gasteiger partial charge in [0.1, 0.15) is 0 Å². The van der Waals surface area contributed by atoms with Crippen LogP contribution >= 0.6 is 27.5 Å². The first-order valence-corrected chi connectivity index (χ1v) is 8.77. The van der Waals surface area contributed by atoms with Crippen molar-refractivity contribution < 1.29 is 4.79 Å². The second-order valence-corrected chi connectivity index (χ2v) is 6.47. The molecule has 0 spiro atoms. The Morgan fingerprint density at radius 3 is 2.65 bits per heavy atom. The summed E-state index contributed by atoms with van der Waals surface area (Å²) in [7, 11) is 0. The zero-order valence-corrected chi connectivity index (χ0v) is 15.5. The van der Waals surface area contributed by atoms with Gasteiger partial charge in [0, 0.05) is 21.3 Å². The molecule has 2 aromatic rings. The van der Waals surface area contributed by atoms with Crippen molar-refractivity contribution in [2.75, 3.05) is 5.32 Å². The molecule has 120 valence electrons. The van der Waals surface area contributed by atoms with Gasteiger partial charge in [-0.25, -0.2) is 0 Å². The minimum Gasteiger partial charge on any atom is -0.322 e. The Morgan fingerprint density at radius 1 is 1.22 bits per heavy atom. The lowest BCUT2D eigenvalue weighted by Crippen LogP contribution is -2.12. The molecule has 0 fully saturated rings. The third-order valence-electron chi connectivity index (χ3n) is 3.60. The molecule has 1 amide bonds. The first-order chi connectivity index (χ1) is 11.0. The maximum atomic E-state index is 12.3. The lowest BCUT2D eigenvalue weighted by atomic mass is 10.0. The highest BCUT2D eigenvalue weighted by atomic mass is 79.9. The number of anilines is 1. The van der Waals surface area contributed by atoms with Crippen molar-refractivity contribution in [1.82, 2.24) is 0 Å². The molecular formula is C19H19BrClNO. The zero-order chi connectivity index (χ0) is 16.8. The molecule has 0 unspecified atom stereocenters. The summed E-state index contributed by atoms with van der Waals surface area (Å²) in [6, 6.07) is 11.6. The Kier molecular flexibility index (Phi) is 6.43. The summed E-state index contributed by atoms with van der Waals surface area (Å²) < 4.78 is 0.983. The summed E-state index contributed by atoms with van der Waals surface area (Å²) in [5.41, 5.74) is 3.88. The van der Waals surface area contributed by atoms with Crippen LogP contribution in [0.2, 0.25) is 5.02 Å². The Hall–Kier alpha value is -1.58. The second kappa shape index (κ2) is 8.32. The van der Waals surface area contributed by atoms with Gasteiger partial charge in [0.2, 0.25) is 5.91 Å². The second-order valence-electron chi connectivity index (χ2n) is 5.14. The Balaban J connectivity index is 2.21. The van der Waals surface area contributed by atoms with Crippen LogP contribution in [-0.4, -0.2) is 5.91 Å². The first-order valence-electron chi connectivity index (χ1n) is 7.60. The fourth-order valence-corrected chi connectivity index (χ4v) is 3.12. The average molecular weight is 393 g/mol. The van der Waals surface area contributed by atoms with Gasteiger partial charge in [-0.15, -0.1) is 0 Å². The van der Waals surface area contributed by atoms with Crippen LogP contribution in [0.4, 0.5) is 5.69 Å². The number of carbonyl (C=O) groups is 1. The fraction of sp³-hybridized carbons (Fsp3) is 0.211. The van der Waals surface area contributed by atoms with Crippen LogP contribution < -0.4 is 5.32 Å². The van der Waals surface area contributed by atoms with Gasteiger partial charge in [-0.2, -0.15) is 0 Å². The average Bonchev–Trinajstić information content (AvgIpc) is 2.53. The summed E-state index contributed by atoms with van der Waals surface area (Å²) in [5, 5.41) is 3.68. The zero-order valence-electron chi connectivity index (χ0n) is 13.2. The predicted octanol–water partition coefficient (Wildman–Crippen LogP) is 5.88. The maximum Gasteiger partial charge on any atom is 0.248 e. The fourth-order valence-electron chi connectivity index (χ4n) is 2.41. The summed E-state index contributed by atoms with van der Waals surface area (Å²) in [6.07, 6.45) is 4.95. The van der Waals surface area contributed by atoms with E-state index in [1.807, 2.05) is 43.3 Å². The number of aryl methyl sites for hydroxylation is 1. The number of amides is 1. The standard InChI is InChI=1S/C19H19BrClNO/c1-3-14-9-10-17(21)16(4-2)19(14)22-18(23)11-8-13-6-5-7-15(20)12-13/h5-12H,3-4H2,1-2H3,(H,22,23)/b11-8+. The van der Waals surface area contributed by atoms with E-state index in [4.69, 9.17) is 11.6 Å². The molecule has 0 radical (unpaired) electrons. The largest absolute Gasteiger partial charge is 0.322 e. The summed E-state index contributed by atoms with van der Waals surface area (Å²) in [4.78, 5) is 12.3. The van der Waals surface area contributed by atoms with E-state index in [-0.39, 0.29) is 5.91 Å². The molecule has 1 N–H and O–H groups in total. The van der Waals surface area contributed by atoms with Gasteiger partial charge in [0.05, 0.1) is 0 Å². The molecule has 0 aromatic heterocycles. The van der Waals surface area contributed by atoms with Crippen LogP contribution in [0.15, 0.2) is 46.9 Å². The molecule has 0 bridgehead atoms. The van der Waals surface area contributed by atoms with Gasteiger partial charge in [-0.05, 0) is 53.8 Å². The van der Waals surface area contributed by atoms with Crippen LogP contribution in [0.25, 0.3) is 6.08 Å². The van der Waals surface area contributed by atoms with E-state index in [2.05, 4.69) is 28.2 Å². The molecule has 0 aliphatic heterocycles. The van der Waals surface area contributed by atoms with Gasteiger partial charge < -0.3 is 5.32 Å². The van der Waals surface area contributed by atoms with Crippen molar-refractivity contribution in [2.45, 2.75) is 26.7 Å². The van der Waals surface area contributed by atoms with Crippen molar-refractivity contribution in [3.8, 4) is 0 Å². The molecule has 2 rings (SSSR count). The third kappa shape index (κ3) is 4.69. The highest BCUT2D eigenvalue weighted by Crippen LogP contribution is 2.29. The molecule has 0 aliphatic carbocycles. The molecule has 0 heterocycles. The number of carbonyl (C=O) groups excluding carboxylic acids is 1. The van der Waals surface area contributed by atoms with Crippen LogP contribution in [0.3, 0.4) is 0 Å². The summed E-state index contributed by atoms with van der Waals surface area (Å²) >= 11 is 9.68. The Bertz CT molecular complexity index is 740. The maximum absolute atomic E-state index is 12.3. The van der Waals surface area contributed by atoms with Gasteiger partial charge in [-0.1, -0.05) is 59.6 Å². The van der Waals surface area contributed by atoms with Gasteiger partial charge in [0.25, 0.3) is 0 Å². The van der Waals surface area contributed by atoms with Crippen LogP contribution in [-0.2, 0) is 17.6 Å². The number of halogens is 2. The molecule has 0 saturated carbocycles. The predicted molar refractivity (Wildman–Crippen MR) is 102 cm³/mol.